The van der Waals surface area contributed by atoms with Crippen LogP contribution in [0.1, 0.15) is 22.5 Å². The van der Waals surface area contributed by atoms with Gasteiger partial charge in [-0.1, -0.05) is 11.6 Å². The van der Waals surface area contributed by atoms with Crippen LogP contribution in [0.4, 0.5) is 21.6 Å². The lowest BCUT2D eigenvalue weighted by atomic mass is 10.0. The molecular formula is C23H25ClFN5O2. The summed E-state index contributed by atoms with van der Waals surface area (Å²) in [5.41, 5.74) is 0.872. The van der Waals surface area contributed by atoms with Gasteiger partial charge in [0.25, 0.3) is 5.56 Å². The normalized spacial score (nSPS) is 17.4. The zero-order valence-corrected chi connectivity index (χ0v) is 18.3. The molecule has 0 radical (unpaired) electrons. The van der Waals surface area contributed by atoms with E-state index in [1.54, 1.807) is 30.3 Å². The highest BCUT2D eigenvalue weighted by atomic mass is 35.5. The predicted octanol–water partition coefficient (Wildman–Crippen LogP) is 4.42. The average Bonchev–Trinajstić information content (AvgIpc) is 2.85. The molecule has 1 aliphatic heterocycles. The topological polar surface area (TPSA) is 72.3 Å². The SMILES string of the molecule is [2H]C([2H])(Nc1cnn(-c2ccc(N(CC)c3ccc(F)cn3)cc2)c(=O)c1Cl)[C@@H]1CCCOC1. The van der Waals surface area contributed by atoms with Crippen molar-refractivity contribution in [1.29, 1.82) is 0 Å². The van der Waals surface area contributed by atoms with Gasteiger partial charge < -0.3 is 15.0 Å². The first-order valence-corrected chi connectivity index (χ1v) is 10.8. The van der Waals surface area contributed by atoms with Gasteiger partial charge in [-0.15, -0.1) is 0 Å². The Labute approximate surface area is 193 Å². The predicted molar refractivity (Wildman–Crippen MR) is 124 cm³/mol. The fourth-order valence-electron chi connectivity index (χ4n) is 3.52. The van der Waals surface area contributed by atoms with Crippen molar-refractivity contribution < 1.29 is 11.9 Å². The highest BCUT2D eigenvalue weighted by molar-refractivity contribution is 6.32. The molecule has 2 aromatic heterocycles. The number of anilines is 3. The first-order chi connectivity index (χ1) is 16.3. The summed E-state index contributed by atoms with van der Waals surface area (Å²) >= 11 is 6.31. The van der Waals surface area contributed by atoms with Gasteiger partial charge in [0.2, 0.25) is 0 Å². The maximum atomic E-state index is 13.2. The van der Waals surface area contributed by atoms with Crippen LogP contribution in [0.25, 0.3) is 5.69 Å². The molecule has 4 rings (SSSR count). The maximum absolute atomic E-state index is 13.2. The first kappa shape index (κ1) is 19.7. The van der Waals surface area contributed by atoms with E-state index in [9.17, 15) is 9.18 Å². The summed E-state index contributed by atoms with van der Waals surface area (Å²) in [5.74, 6) is -0.164. The van der Waals surface area contributed by atoms with Gasteiger partial charge in [-0.25, -0.2) is 9.37 Å². The van der Waals surface area contributed by atoms with E-state index in [4.69, 9.17) is 19.1 Å². The lowest BCUT2D eigenvalue weighted by molar-refractivity contribution is 0.0595. The number of benzene rings is 1. The fourth-order valence-corrected chi connectivity index (χ4v) is 3.69. The summed E-state index contributed by atoms with van der Waals surface area (Å²) in [5, 5.41) is 6.78. The van der Waals surface area contributed by atoms with Gasteiger partial charge in [-0.05, 0) is 62.1 Å². The van der Waals surface area contributed by atoms with Gasteiger partial charge in [-0.3, -0.25) is 4.79 Å². The summed E-state index contributed by atoms with van der Waals surface area (Å²) in [6.45, 7) is 1.69. The molecular weight excluding hydrogens is 433 g/mol. The van der Waals surface area contributed by atoms with Crippen molar-refractivity contribution in [1.82, 2.24) is 14.8 Å². The lowest BCUT2D eigenvalue weighted by Gasteiger charge is -2.23. The molecule has 1 saturated heterocycles. The number of hydrogen-bond acceptors (Lipinski definition) is 6. The van der Waals surface area contributed by atoms with Crippen LogP contribution in [0, 0.1) is 11.7 Å². The van der Waals surface area contributed by atoms with Crippen LogP contribution in [0.2, 0.25) is 5.02 Å². The molecule has 0 spiro atoms. The molecule has 0 unspecified atom stereocenters. The van der Waals surface area contributed by atoms with Crippen LogP contribution in [0.5, 0.6) is 0 Å². The number of rotatable bonds is 7. The maximum Gasteiger partial charge on any atom is 0.292 e. The molecule has 1 aliphatic rings. The summed E-state index contributed by atoms with van der Waals surface area (Å²) in [6, 6.07) is 10.0. The monoisotopic (exact) mass is 459 g/mol. The third kappa shape index (κ3) is 4.92. The number of aromatic nitrogens is 3. The molecule has 0 aliphatic carbocycles. The van der Waals surface area contributed by atoms with Gasteiger partial charge in [0.05, 0.1) is 30.4 Å². The van der Waals surface area contributed by atoms with E-state index in [2.05, 4.69) is 15.4 Å². The molecule has 32 heavy (non-hydrogen) atoms. The van der Waals surface area contributed by atoms with Gasteiger partial charge in [0, 0.05) is 28.1 Å². The van der Waals surface area contributed by atoms with Gasteiger partial charge >= 0.3 is 0 Å². The minimum atomic E-state index is -1.80. The molecule has 0 saturated carbocycles. The summed E-state index contributed by atoms with van der Waals surface area (Å²) in [6.07, 6.45) is 3.97. The molecule has 9 heteroatoms. The van der Waals surface area contributed by atoms with Crippen LogP contribution < -0.4 is 15.8 Å². The summed E-state index contributed by atoms with van der Waals surface area (Å²) in [4.78, 5) is 18.9. The Kier molecular flexibility index (Phi) is 6.22. The van der Waals surface area contributed by atoms with Crippen LogP contribution in [0.15, 0.2) is 53.6 Å². The quantitative estimate of drug-likeness (QED) is 0.564. The molecule has 1 aromatic carbocycles. The minimum Gasteiger partial charge on any atom is -0.382 e. The van der Waals surface area contributed by atoms with Gasteiger partial charge in [-0.2, -0.15) is 9.78 Å². The van der Waals surface area contributed by atoms with E-state index < -0.39 is 17.9 Å². The largest absolute Gasteiger partial charge is 0.382 e. The summed E-state index contributed by atoms with van der Waals surface area (Å²) in [7, 11) is 0. The number of hydrogen-bond donors (Lipinski definition) is 1. The molecule has 168 valence electrons. The standard InChI is InChI=1S/C23H25ClFN5O2/c1-2-29(21-10-5-17(25)13-27-21)18-6-8-19(9-7-18)30-23(31)22(24)20(14-28-30)26-12-16-4-3-11-32-15-16/h5-10,13-14,16,26H,2-4,11-12,15H2,1H3/t16-/m0/s1/i12D2. The zero-order chi connectivity index (χ0) is 24.3. The molecule has 3 heterocycles. The van der Waals surface area contributed by atoms with Crippen LogP contribution in [-0.2, 0) is 4.74 Å². The zero-order valence-electron chi connectivity index (χ0n) is 19.6. The first-order valence-electron chi connectivity index (χ1n) is 11.4. The van der Waals surface area contributed by atoms with Crippen LogP contribution in [-0.4, -0.2) is 41.0 Å². The minimum absolute atomic E-state index is 0.134. The summed E-state index contributed by atoms with van der Waals surface area (Å²) < 4.78 is 36.5. The van der Waals surface area contributed by atoms with Crippen LogP contribution in [0.3, 0.4) is 0 Å². The Balaban J connectivity index is 1.56. The Morgan fingerprint density at radius 1 is 1.31 bits per heavy atom. The molecule has 0 bridgehead atoms. The van der Waals surface area contributed by atoms with Crippen LogP contribution >= 0.6 is 11.6 Å². The third-order valence-corrected chi connectivity index (χ3v) is 5.57. The van der Waals surface area contributed by atoms with E-state index in [-0.39, 0.29) is 16.6 Å². The Morgan fingerprint density at radius 3 is 2.78 bits per heavy atom. The second-order valence-electron chi connectivity index (χ2n) is 7.37. The highest BCUT2D eigenvalue weighted by Crippen LogP contribution is 2.25. The van der Waals surface area contributed by atoms with Crippen molar-refractivity contribution in [3.63, 3.8) is 0 Å². The van der Waals surface area contributed by atoms with Gasteiger partial charge in [0.15, 0.2) is 0 Å². The Bertz CT molecular complexity index is 1190. The van der Waals surface area contributed by atoms with E-state index in [1.165, 1.54) is 12.3 Å². The fraction of sp³-hybridized carbons (Fsp3) is 0.348. The smallest absolute Gasteiger partial charge is 0.292 e. The average molecular weight is 460 g/mol. The van der Waals surface area contributed by atoms with Crippen molar-refractivity contribution in [2.24, 2.45) is 5.92 Å². The molecule has 1 atom stereocenters. The lowest BCUT2D eigenvalue weighted by Crippen LogP contribution is -2.26. The molecule has 1 fully saturated rings. The van der Waals surface area contributed by atoms with E-state index >= 15 is 0 Å². The molecule has 7 nitrogen and oxygen atoms in total. The van der Waals surface area contributed by atoms with Crippen molar-refractivity contribution in [2.45, 2.75) is 19.8 Å². The molecule has 1 N–H and O–H groups in total. The highest BCUT2D eigenvalue weighted by Gasteiger charge is 2.16. The van der Waals surface area contributed by atoms with Crippen molar-refractivity contribution in [3.8, 4) is 5.69 Å². The third-order valence-electron chi connectivity index (χ3n) is 5.20. The van der Waals surface area contributed by atoms with E-state index in [0.717, 1.165) is 23.0 Å². The molecule has 3 aromatic rings. The van der Waals surface area contributed by atoms with E-state index in [1.807, 2.05) is 11.8 Å². The number of ether oxygens (including phenoxy) is 1. The number of nitrogens with zero attached hydrogens (tertiary/aromatic N) is 4. The van der Waals surface area contributed by atoms with Gasteiger partial charge in [0.1, 0.15) is 16.7 Å². The Morgan fingerprint density at radius 2 is 2.12 bits per heavy atom. The number of halogens is 2. The van der Waals surface area contributed by atoms with Crippen molar-refractivity contribution >= 4 is 28.8 Å². The van der Waals surface area contributed by atoms with E-state index in [0.29, 0.717) is 37.7 Å². The Hall–Kier alpha value is -2.97. The number of pyridine rings is 1. The molecule has 0 amide bonds. The van der Waals surface area contributed by atoms with Crippen molar-refractivity contribution in [2.75, 3.05) is 36.5 Å². The van der Waals surface area contributed by atoms with Crippen molar-refractivity contribution in [3.05, 3.63) is 70.0 Å². The second-order valence-corrected chi connectivity index (χ2v) is 7.75. The number of nitrogens with one attached hydrogen (secondary N) is 1. The second kappa shape index (κ2) is 10.1.